The lowest BCUT2D eigenvalue weighted by Gasteiger charge is -2.25. The Kier molecular flexibility index (Phi) is 7.31. The Hall–Kier alpha value is -3.32. The zero-order valence-corrected chi connectivity index (χ0v) is 18.4. The summed E-state index contributed by atoms with van der Waals surface area (Å²) in [6, 6.07) is 23.5. The summed E-state index contributed by atoms with van der Waals surface area (Å²) in [5, 5.41) is 2.88. The van der Waals surface area contributed by atoms with Crippen molar-refractivity contribution in [3.8, 4) is 5.75 Å². The lowest BCUT2D eigenvalue weighted by atomic mass is 10.1. The third-order valence-corrected chi connectivity index (χ3v) is 5.83. The minimum absolute atomic E-state index is 0.136. The quantitative estimate of drug-likeness (QED) is 0.548. The Morgan fingerprint density at radius 1 is 0.935 bits per heavy atom. The molecule has 0 atom stereocenters. The number of carbonyl (C=O) groups excluding carboxylic acids is 1. The van der Waals surface area contributed by atoms with E-state index in [4.69, 9.17) is 4.74 Å². The summed E-state index contributed by atoms with van der Waals surface area (Å²) in [6.45, 7) is 2.83. The first-order valence-corrected chi connectivity index (χ1v) is 11.8. The van der Waals surface area contributed by atoms with Gasteiger partial charge in [-0.25, -0.2) is 8.42 Å². The van der Waals surface area contributed by atoms with Gasteiger partial charge in [-0.3, -0.25) is 9.10 Å². The number of para-hydroxylation sites is 2. The number of anilines is 1. The highest BCUT2D eigenvalue weighted by Crippen LogP contribution is 2.25. The van der Waals surface area contributed by atoms with Crippen molar-refractivity contribution in [1.82, 2.24) is 5.32 Å². The molecule has 1 N–H and O–H groups in total. The summed E-state index contributed by atoms with van der Waals surface area (Å²) in [4.78, 5) is 13.0. The standard InChI is InChI=1S/C24H26N2O4S/c1-3-30-23-16-10-7-13-20(23)17-25-24(27)21-14-8-9-15-22(21)26(31(2,28)29)18-19-11-5-4-6-12-19/h4-16H,3,17-18H2,1-2H3,(H,25,27). The molecule has 0 saturated heterocycles. The summed E-state index contributed by atoms with van der Waals surface area (Å²) < 4.78 is 32.0. The zero-order valence-electron chi connectivity index (χ0n) is 17.6. The Labute approximate surface area is 183 Å². The van der Waals surface area contributed by atoms with Crippen molar-refractivity contribution in [2.45, 2.75) is 20.0 Å². The van der Waals surface area contributed by atoms with Gasteiger partial charge in [0, 0.05) is 12.1 Å². The summed E-state index contributed by atoms with van der Waals surface area (Å²) >= 11 is 0. The number of hydrogen-bond acceptors (Lipinski definition) is 4. The lowest BCUT2D eigenvalue weighted by Crippen LogP contribution is -2.32. The summed E-state index contributed by atoms with van der Waals surface area (Å²) in [5.41, 5.74) is 2.30. The van der Waals surface area contributed by atoms with Crippen LogP contribution in [0.5, 0.6) is 5.75 Å². The molecule has 1 amide bonds. The number of hydrogen-bond donors (Lipinski definition) is 1. The number of nitrogens with one attached hydrogen (secondary N) is 1. The van der Waals surface area contributed by atoms with Gasteiger partial charge in [0.1, 0.15) is 5.75 Å². The molecule has 0 saturated carbocycles. The lowest BCUT2D eigenvalue weighted by molar-refractivity contribution is 0.0951. The second-order valence-corrected chi connectivity index (χ2v) is 8.90. The minimum Gasteiger partial charge on any atom is -0.494 e. The Bertz CT molecular complexity index is 1130. The van der Waals surface area contributed by atoms with Crippen LogP contribution < -0.4 is 14.4 Å². The maximum Gasteiger partial charge on any atom is 0.253 e. The normalized spacial score (nSPS) is 11.0. The third kappa shape index (κ3) is 5.86. The highest BCUT2D eigenvalue weighted by atomic mass is 32.2. The number of carbonyl (C=O) groups is 1. The molecule has 3 rings (SSSR count). The molecule has 0 aromatic heterocycles. The average Bonchev–Trinajstić information content (AvgIpc) is 2.77. The smallest absolute Gasteiger partial charge is 0.253 e. The molecule has 6 nitrogen and oxygen atoms in total. The average molecular weight is 439 g/mol. The van der Waals surface area contributed by atoms with Crippen LogP contribution in [0.25, 0.3) is 0 Å². The highest BCUT2D eigenvalue weighted by Gasteiger charge is 2.23. The number of sulfonamides is 1. The first-order valence-electron chi connectivity index (χ1n) is 9.99. The molecule has 3 aromatic carbocycles. The van der Waals surface area contributed by atoms with Crippen LogP contribution >= 0.6 is 0 Å². The second kappa shape index (κ2) is 10.1. The van der Waals surface area contributed by atoms with Gasteiger partial charge in [0.2, 0.25) is 10.0 Å². The molecule has 0 aliphatic rings. The first kappa shape index (κ1) is 22.4. The highest BCUT2D eigenvalue weighted by molar-refractivity contribution is 7.92. The van der Waals surface area contributed by atoms with Gasteiger partial charge >= 0.3 is 0 Å². The number of ether oxygens (including phenoxy) is 1. The van der Waals surface area contributed by atoms with E-state index in [0.29, 0.717) is 18.0 Å². The van der Waals surface area contributed by atoms with Crippen LogP contribution in [-0.4, -0.2) is 27.2 Å². The number of nitrogens with zero attached hydrogens (tertiary/aromatic N) is 1. The van der Waals surface area contributed by atoms with Gasteiger partial charge in [-0.2, -0.15) is 0 Å². The molecule has 0 bridgehead atoms. The number of amides is 1. The molecule has 0 heterocycles. The van der Waals surface area contributed by atoms with Gasteiger partial charge in [-0.15, -0.1) is 0 Å². The predicted molar refractivity (Wildman–Crippen MR) is 123 cm³/mol. The van der Waals surface area contributed by atoms with Crippen LogP contribution in [0.15, 0.2) is 78.9 Å². The van der Waals surface area contributed by atoms with E-state index in [1.54, 1.807) is 24.3 Å². The van der Waals surface area contributed by atoms with Crippen LogP contribution in [0, 0.1) is 0 Å². The Morgan fingerprint density at radius 3 is 2.29 bits per heavy atom. The van der Waals surface area contributed by atoms with E-state index in [0.717, 1.165) is 17.4 Å². The van der Waals surface area contributed by atoms with E-state index in [2.05, 4.69) is 5.32 Å². The molecular formula is C24H26N2O4S. The second-order valence-electron chi connectivity index (χ2n) is 7.00. The number of rotatable bonds is 9. The van der Waals surface area contributed by atoms with E-state index < -0.39 is 10.0 Å². The van der Waals surface area contributed by atoms with Gasteiger partial charge < -0.3 is 10.1 Å². The number of benzene rings is 3. The fourth-order valence-corrected chi connectivity index (χ4v) is 4.13. The Balaban J connectivity index is 1.87. The molecule has 0 aliphatic carbocycles. The van der Waals surface area contributed by atoms with Crippen LogP contribution in [0.2, 0.25) is 0 Å². The summed E-state index contributed by atoms with van der Waals surface area (Å²) in [6.07, 6.45) is 1.14. The van der Waals surface area contributed by atoms with Crippen molar-refractivity contribution in [2.75, 3.05) is 17.2 Å². The third-order valence-electron chi connectivity index (χ3n) is 4.70. The Morgan fingerprint density at radius 2 is 1.58 bits per heavy atom. The first-order chi connectivity index (χ1) is 14.9. The molecule has 0 fully saturated rings. The van der Waals surface area contributed by atoms with Crippen molar-refractivity contribution >= 4 is 21.6 Å². The van der Waals surface area contributed by atoms with Crippen molar-refractivity contribution in [2.24, 2.45) is 0 Å². The molecule has 0 unspecified atom stereocenters. The van der Waals surface area contributed by atoms with Crippen molar-refractivity contribution < 1.29 is 17.9 Å². The van der Waals surface area contributed by atoms with Crippen LogP contribution in [0.3, 0.4) is 0 Å². The maximum atomic E-state index is 13.0. The topological polar surface area (TPSA) is 75.7 Å². The van der Waals surface area contributed by atoms with Gasteiger partial charge in [0.05, 0.1) is 30.7 Å². The predicted octanol–water partition coefficient (Wildman–Crippen LogP) is 3.98. The van der Waals surface area contributed by atoms with Crippen LogP contribution in [-0.2, 0) is 23.1 Å². The molecule has 0 aliphatic heterocycles. The van der Waals surface area contributed by atoms with E-state index in [-0.39, 0.29) is 24.6 Å². The molecule has 0 radical (unpaired) electrons. The largest absolute Gasteiger partial charge is 0.494 e. The van der Waals surface area contributed by atoms with Gasteiger partial charge in [-0.1, -0.05) is 60.7 Å². The zero-order chi connectivity index (χ0) is 22.3. The van der Waals surface area contributed by atoms with E-state index in [1.165, 1.54) is 4.31 Å². The summed E-state index contributed by atoms with van der Waals surface area (Å²) in [7, 11) is -3.62. The maximum absolute atomic E-state index is 13.0. The van der Waals surface area contributed by atoms with E-state index in [9.17, 15) is 13.2 Å². The van der Waals surface area contributed by atoms with Crippen molar-refractivity contribution in [3.63, 3.8) is 0 Å². The SMILES string of the molecule is CCOc1ccccc1CNC(=O)c1ccccc1N(Cc1ccccc1)S(C)(=O)=O. The molecule has 3 aromatic rings. The molecule has 0 spiro atoms. The van der Waals surface area contributed by atoms with Crippen LogP contribution in [0.4, 0.5) is 5.69 Å². The minimum atomic E-state index is -3.62. The molecule has 7 heteroatoms. The molecular weight excluding hydrogens is 412 g/mol. The van der Waals surface area contributed by atoms with Gasteiger partial charge in [0.15, 0.2) is 0 Å². The van der Waals surface area contributed by atoms with Crippen molar-refractivity contribution in [1.29, 1.82) is 0 Å². The monoisotopic (exact) mass is 438 g/mol. The fourth-order valence-electron chi connectivity index (χ4n) is 3.23. The molecule has 31 heavy (non-hydrogen) atoms. The van der Waals surface area contributed by atoms with Gasteiger partial charge in [0.25, 0.3) is 5.91 Å². The molecule has 162 valence electrons. The van der Waals surface area contributed by atoms with E-state index >= 15 is 0 Å². The van der Waals surface area contributed by atoms with Crippen molar-refractivity contribution in [3.05, 3.63) is 95.6 Å². The van der Waals surface area contributed by atoms with Crippen LogP contribution in [0.1, 0.15) is 28.4 Å². The van der Waals surface area contributed by atoms with E-state index in [1.807, 2.05) is 61.5 Å². The van der Waals surface area contributed by atoms with Gasteiger partial charge in [-0.05, 0) is 30.7 Å². The summed E-state index contributed by atoms with van der Waals surface area (Å²) in [5.74, 6) is 0.351. The fraction of sp³-hybridized carbons (Fsp3) is 0.208.